The van der Waals surface area contributed by atoms with Gasteiger partial charge in [-0.2, -0.15) is 5.26 Å². The summed E-state index contributed by atoms with van der Waals surface area (Å²) in [5.74, 6) is 2.10. The molecule has 0 heterocycles. The Balaban J connectivity index is 1.76. The summed E-state index contributed by atoms with van der Waals surface area (Å²) in [6.45, 7) is 2.39. The van der Waals surface area contributed by atoms with Crippen molar-refractivity contribution in [1.82, 2.24) is 0 Å². The SMILES string of the molecule is C[C@]12CCC3c4cc(C#N)c(O)cc4CCC3C1CCC2=S. The average Bonchev–Trinajstić information content (AvgIpc) is 2.82. The Morgan fingerprint density at radius 3 is 2.86 bits per heavy atom. The standard InChI is InChI=1S/C19H21NOS/c1-19-7-6-13-14(16(19)4-5-18(19)22)3-2-11-9-17(21)12(10-20)8-15(11)13/h8-9,13-14,16,21H,2-7H2,1H3/t13?,14?,16?,19-/m0/s1. The van der Waals surface area contributed by atoms with E-state index in [1.165, 1.54) is 41.7 Å². The molecule has 0 aliphatic heterocycles. The van der Waals surface area contributed by atoms with Gasteiger partial charge in [-0.1, -0.05) is 19.1 Å². The molecule has 114 valence electrons. The van der Waals surface area contributed by atoms with E-state index in [-0.39, 0.29) is 11.2 Å². The van der Waals surface area contributed by atoms with Gasteiger partial charge in [0.05, 0.1) is 5.56 Å². The zero-order valence-electron chi connectivity index (χ0n) is 12.9. The molecule has 2 fully saturated rings. The van der Waals surface area contributed by atoms with E-state index in [4.69, 9.17) is 12.2 Å². The largest absolute Gasteiger partial charge is 0.507 e. The molecule has 3 heteroatoms. The Labute approximate surface area is 137 Å². The summed E-state index contributed by atoms with van der Waals surface area (Å²) in [4.78, 5) is 1.30. The minimum atomic E-state index is 0.141. The van der Waals surface area contributed by atoms with E-state index in [0.29, 0.717) is 23.3 Å². The number of nitriles is 1. The molecule has 2 saturated carbocycles. The molecule has 3 aliphatic carbocycles. The number of hydrogen-bond acceptors (Lipinski definition) is 3. The highest BCUT2D eigenvalue weighted by molar-refractivity contribution is 7.80. The lowest BCUT2D eigenvalue weighted by Gasteiger charge is -2.49. The molecule has 3 aliphatic rings. The Kier molecular flexibility index (Phi) is 3.10. The zero-order valence-corrected chi connectivity index (χ0v) is 13.7. The molecule has 0 bridgehead atoms. The van der Waals surface area contributed by atoms with Crippen molar-refractivity contribution in [3.63, 3.8) is 0 Å². The van der Waals surface area contributed by atoms with E-state index < -0.39 is 0 Å². The van der Waals surface area contributed by atoms with Gasteiger partial charge < -0.3 is 5.11 Å². The van der Waals surface area contributed by atoms with Crippen LogP contribution in [0.2, 0.25) is 0 Å². The minimum Gasteiger partial charge on any atom is -0.507 e. The molecule has 22 heavy (non-hydrogen) atoms. The van der Waals surface area contributed by atoms with Crippen LogP contribution in [0.25, 0.3) is 0 Å². The van der Waals surface area contributed by atoms with Crippen LogP contribution in [0.15, 0.2) is 12.1 Å². The topological polar surface area (TPSA) is 44.0 Å². The van der Waals surface area contributed by atoms with Crippen LogP contribution in [0.4, 0.5) is 0 Å². The highest BCUT2D eigenvalue weighted by Crippen LogP contribution is 2.60. The molecule has 0 spiro atoms. The minimum absolute atomic E-state index is 0.141. The molecule has 4 atom stereocenters. The van der Waals surface area contributed by atoms with E-state index in [0.717, 1.165) is 12.8 Å². The monoisotopic (exact) mass is 311 g/mol. The molecule has 4 rings (SSSR count). The van der Waals surface area contributed by atoms with Crippen molar-refractivity contribution in [1.29, 1.82) is 5.26 Å². The van der Waals surface area contributed by atoms with Gasteiger partial charge in [0.25, 0.3) is 0 Å². The van der Waals surface area contributed by atoms with Crippen molar-refractivity contribution < 1.29 is 5.11 Å². The molecule has 1 aromatic rings. The summed E-state index contributed by atoms with van der Waals surface area (Å²) in [6, 6.07) is 5.92. The molecule has 2 nitrogen and oxygen atoms in total. The molecular weight excluding hydrogens is 290 g/mol. The maximum absolute atomic E-state index is 9.95. The van der Waals surface area contributed by atoms with Crippen LogP contribution in [-0.2, 0) is 6.42 Å². The number of phenolic OH excluding ortho intramolecular Hbond substituents is 1. The predicted molar refractivity (Wildman–Crippen MR) is 90.0 cm³/mol. The van der Waals surface area contributed by atoms with Gasteiger partial charge in [0, 0.05) is 5.41 Å². The normalized spacial score (nSPS) is 36.2. The van der Waals surface area contributed by atoms with Gasteiger partial charge >= 0.3 is 0 Å². The highest BCUT2D eigenvalue weighted by atomic mass is 32.1. The summed E-state index contributed by atoms with van der Waals surface area (Å²) in [6.07, 6.45) is 6.93. The second-order valence-corrected chi connectivity index (χ2v) is 8.01. The van der Waals surface area contributed by atoms with Crippen molar-refractivity contribution in [3.8, 4) is 11.8 Å². The van der Waals surface area contributed by atoms with Gasteiger partial charge in [0.2, 0.25) is 0 Å². The van der Waals surface area contributed by atoms with Crippen LogP contribution in [0.3, 0.4) is 0 Å². The highest BCUT2D eigenvalue weighted by Gasteiger charge is 2.52. The van der Waals surface area contributed by atoms with Gasteiger partial charge in [-0.15, -0.1) is 0 Å². The molecule has 0 aromatic heterocycles. The Bertz CT molecular complexity index is 704. The van der Waals surface area contributed by atoms with Crippen LogP contribution in [-0.4, -0.2) is 9.97 Å². The van der Waals surface area contributed by atoms with Gasteiger partial charge in [-0.3, -0.25) is 0 Å². The van der Waals surface area contributed by atoms with Gasteiger partial charge in [-0.05, 0) is 84.4 Å². The van der Waals surface area contributed by atoms with Crippen LogP contribution < -0.4 is 0 Å². The maximum atomic E-state index is 9.95. The van der Waals surface area contributed by atoms with Crippen LogP contribution in [0.5, 0.6) is 5.75 Å². The number of thiocarbonyl (C=S) groups is 1. The number of aryl methyl sites for hydroxylation is 1. The van der Waals surface area contributed by atoms with Gasteiger partial charge in [0.1, 0.15) is 11.8 Å². The van der Waals surface area contributed by atoms with Gasteiger partial charge in [0.15, 0.2) is 0 Å². The van der Waals surface area contributed by atoms with E-state index in [9.17, 15) is 10.4 Å². The van der Waals surface area contributed by atoms with E-state index >= 15 is 0 Å². The lowest BCUT2D eigenvalue weighted by molar-refractivity contribution is 0.0967. The smallest absolute Gasteiger partial charge is 0.133 e. The summed E-state index contributed by atoms with van der Waals surface area (Å²) < 4.78 is 0. The second kappa shape index (κ2) is 4.80. The average molecular weight is 311 g/mol. The first-order valence-electron chi connectivity index (χ1n) is 8.34. The van der Waals surface area contributed by atoms with Crippen molar-refractivity contribution in [3.05, 3.63) is 28.8 Å². The molecule has 0 radical (unpaired) electrons. The number of hydrogen-bond donors (Lipinski definition) is 1. The number of rotatable bonds is 0. The van der Waals surface area contributed by atoms with E-state index in [2.05, 4.69) is 13.0 Å². The lowest BCUT2D eigenvalue weighted by Crippen LogP contribution is -2.42. The van der Waals surface area contributed by atoms with Crippen molar-refractivity contribution >= 4 is 17.1 Å². The summed E-state index contributed by atoms with van der Waals surface area (Å²) in [5.41, 5.74) is 3.27. The number of aromatic hydroxyl groups is 1. The fourth-order valence-electron chi connectivity index (χ4n) is 5.47. The predicted octanol–water partition coefficient (Wildman–Crippen LogP) is 4.49. The first kappa shape index (κ1) is 14.2. The Morgan fingerprint density at radius 1 is 1.27 bits per heavy atom. The fraction of sp³-hybridized carbons (Fsp3) is 0.579. The third-order valence-electron chi connectivity index (χ3n) is 6.67. The number of phenols is 1. The van der Waals surface area contributed by atoms with Crippen LogP contribution in [0.1, 0.15) is 61.6 Å². The van der Waals surface area contributed by atoms with Crippen LogP contribution >= 0.6 is 12.2 Å². The van der Waals surface area contributed by atoms with Crippen molar-refractivity contribution in [2.24, 2.45) is 17.3 Å². The molecular formula is C19H21NOS. The van der Waals surface area contributed by atoms with Crippen molar-refractivity contribution in [2.45, 2.75) is 51.4 Å². The molecule has 3 unspecified atom stereocenters. The Morgan fingerprint density at radius 2 is 2.09 bits per heavy atom. The van der Waals surface area contributed by atoms with Crippen molar-refractivity contribution in [2.75, 3.05) is 0 Å². The fourth-order valence-corrected chi connectivity index (χ4v) is 5.84. The van der Waals surface area contributed by atoms with E-state index in [1.54, 1.807) is 0 Å². The first-order chi connectivity index (χ1) is 10.5. The molecule has 0 amide bonds. The number of fused-ring (bicyclic) bond motifs is 5. The molecule has 1 aromatic carbocycles. The molecule has 0 saturated heterocycles. The third kappa shape index (κ3) is 1.80. The van der Waals surface area contributed by atoms with E-state index in [1.807, 2.05) is 12.1 Å². The quantitative estimate of drug-likeness (QED) is 0.718. The second-order valence-electron chi connectivity index (χ2n) is 7.51. The summed E-state index contributed by atoms with van der Waals surface area (Å²) >= 11 is 5.68. The van der Waals surface area contributed by atoms with Crippen LogP contribution in [0, 0.1) is 28.6 Å². The lowest BCUT2D eigenvalue weighted by atomic mass is 9.56. The molecule has 1 N–H and O–H groups in total. The number of nitrogens with zero attached hydrogens (tertiary/aromatic N) is 1. The third-order valence-corrected chi connectivity index (χ3v) is 7.34. The maximum Gasteiger partial charge on any atom is 0.133 e. The number of benzene rings is 1. The first-order valence-corrected chi connectivity index (χ1v) is 8.74. The summed E-state index contributed by atoms with van der Waals surface area (Å²) in [7, 11) is 0. The zero-order chi connectivity index (χ0) is 15.5. The van der Waals surface area contributed by atoms with Gasteiger partial charge in [-0.25, -0.2) is 0 Å². The summed E-state index contributed by atoms with van der Waals surface area (Å²) in [5, 5.41) is 19.2. The Hall–Kier alpha value is -1.40.